The third-order valence-electron chi connectivity index (χ3n) is 4.68. The van der Waals surface area contributed by atoms with Gasteiger partial charge in [-0.3, -0.25) is 4.79 Å². The summed E-state index contributed by atoms with van der Waals surface area (Å²) in [5, 5.41) is 0.480. The number of hydrogen-bond donors (Lipinski definition) is 0. The predicted octanol–water partition coefficient (Wildman–Crippen LogP) is 2.47. The number of halogens is 1. The molecule has 0 radical (unpaired) electrons. The summed E-state index contributed by atoms with van der Waals surface area (Å²) >= 11 is 1.37. The SMILES string of the molecule is CC[C@H](C)C(=O)N=C1S[C@H]2CS(=O)(=O)C[C@H]2N1Cc1ccc(F)cc1. The Hall–Kier alpha value is -1.41. The van der Waals surface area contributed by atoms with E-state index in [0.29, 0.717) is 18.1 Å². The molecule has 2 saturated heterocycles. The Morgan fingerprint density at radius 3 is 2.68 bits per heavy atom. The van der Waals surface area contributed by atoms with Crippen LogP contribution < -0.4 is 0 Å². The van der Waals surface area contributed by atoms with Crippen LogP contribution in [0.15, 0.2) is 29.3 Å². The number of nitrogens with zero attached hydrogens (tertiary/aromatic N) is 2. The van der Waals surface area contributed by atoms with Crippen LogP contribution in [0.2, 0.25) is 0 Å². The maximum atomic E-state index is 13.1. The Kier molecular flexibility index (Phi) is 5.20. The van der Waals surface area contributed by atoms with Gasteiger partial charge in [0.25, 0.3) is 5.91 Å². The van der Waals surface area contributed by atoms with Crippen molar-refractivity contribution in [3.8, 4) is 0 Å². The molecule has 2 aliphatic heterocycles. The monoisotopic (exact) mass is 384 g/mol. The minimum absolute atomic E-state index is 0.0718. The number of carbonyl (C=O) groups is 1. The third kappa shape index (κ3) is 4.06. The van der Waals surface area contributed by atoms with Crippen LogP contribution in [-0.4, -0.2) is 47.2 Å². The van der Waals surface area contributed by atoms with Crippen molar-refractivity contribution in [3.63, 3.8) is 0 Å². The van der Waals surface area contributed by atoms with Crippen molar-refractivity contribution in [3.05, 3.63) is 35.6 Å². The van der Waals surface area contributed by atoms with Gasteiger partial charge in [-0.25, -0.2) is 12.8 Å². The van der Waals surface area contributed by atoms with Gasteiger partial charge < -0.3 is 4.90 Å². The average Bonchev–Trinajstić information content (AvgIpc) is 3.01. The number of fused-ring (bicyclic) bond motifs is 1. The smallest absolute Gasteiger partial charge is 0.250 e. The molecule has 0 spiro atoms. The molecule has 2 fully saturated rings. The summed E-state index contributed by atoms with van der Waals surface area (Å²) in [6.45, 7) is 4.18. The van der Waals surface area contributed by atoms with Gasteiger partial charge in [-0.05, 0) is 24.1 Å². The van der Waals surface area contributed by atoms with E-state index in [2.05, 4.69) is 4.99 Å². The van der Waals surface area contributed by atoms with E-state index in [-0.39, 0.29) is 40.4 Å². The van der Waals surface area contributed by atoms with Crippen LogP contribution in [0, 0.1) is 11.7 Å². The lowest BCUT2D eigenvalue weighted by Crippen LogP contribution is -2.37. The van der Waals surface area contributed by atoms with Crippen molar-refractivity contribution >= 4 is 32.7 Å². The molecular weight excluding hydrogens is 363 g/mol. The first kappa shape index (κ1) is 18.4. The molecule has 2 aliphatic rings. The largest absolute Gasteiger partial charge is 0.342 e. The second-order valence-corrected chi connectivity index (χ2v) is 9.96. The molecule has 0 aromatic heterocycles. The van der Waals surface area contributed by atoms with E-state index in [1.54, 1.807) is 12.1 Å². The second-order valence-electron chi connectivity index (χ2n) is 6.60. The normalized spacial score (nSPS) is 27.5. The minimum Gasteiger partial charge on any atom is -0.342 e. The topological polar surface area (TPSA) is 66.8 Å². The van der Waals surface area contributed by atoms with Crippen LogP contribution in [0.1, 0.15) is 25.8 Å². The fourth-order valence-corrected chi connectivity index (χ4v) is 6.94. The molecule has 0 unspecified atom stereocenters. The van der Waals surface area contributed by atoms with E-state index < -0.39 is 9.84 Å². The Bertz CT molecular complexity index is 793. The van der Waals surface area contributed by atoms with Gasteiger partial charge in [0, 0.05) is 17.7 Å². The summed E-state index contributed by atoms with van der Waals surface area (Å²) in [6, 6.07) is 5.91. The number of sulfone groups is 1. The molecule has 0 aliphatic carbocycles. The van der Waals surface area contributed by atoms with E-state index in [0.717, 1.165) is 5.56 Å². The number of rotatable bonds is 4. The first-order valence-corrected chi connectivity index (χ1v) is 11.0. The second kappa shape index (κ2) is 7.07. The molecule has 0 bridgehead atoms. The van der Waals surface area contributed by atoms with Gasteiger partial charge in [-0.2, -0.15) is 4.99 Å². The molecule has 5 nitrogen and oxygen atoms in total. The Labute approximate surface area is 151 Å². The lowest BCUT2D eigenvalue weighted by atomic mass is 10.1. The first-order valence-electron chi connectivity index (χ1n) is 8.29. The molecule has 2 heterocycles. The van der Waals surface area contributed by atoms with Crippen molar-refractivity contribution in [1.82, 2.24) is 4.90 Å². The van der Waals surface area contributed by atoms with E-state index >= 15 is 0 Å². The summed E-state index contributed by atoms with van der Waals surface area (Å²) in [4.78, 5) is 18.4. The maximum absolute atomic E-state index is 13.1. The molecule has 1 aromatic carbocycles. The molecule has 0 saturated carbocycles. The van der Waals surface area contributed by atoms with Crippen molar-refractivity contribution in [2.75, 3.05) is 11.5 Å². The van der Waals surface area contributed by atoms with Crippen molar-refractivity contribution < 1.29 is 17.6 Å². The van der Waals surface area contributed by atoms with Crippen LogP contribution in [0.25, 0.3) is 0 Å². The zero-order valence-electron chi connectivity index (χ0n) is 14.2. The zero-order chi connectivity index (χ0) is 18.2. The number of thioether (sulfide) groups is 1. The van der Waals surface area contributed by atoms with Crippen LogP contribution in [0.3, 0.4) is 0 Å². The fourth-order valence-electron chi connectivity index (χ4n) is 2.99. The fraction of sp³-hybridized carbons (Fsp3) is 0.529. The predicted molar refractivity (Wildman–Crippen MR) is 97.7 cm³/mol. The highest BCUT2D eigenvalue weighted by atomic mass is 32.2. The maximum Gasteiger partial charge on any atom is 0.250 e. The number of aliphatic imine (C=N–C) groups is 1. The summed E-state index contributed by atoms with van der Waals surface area (Å²) in [6.07, 6.45) is 0.708. The highest BCUT2D eigenvalue weighted by Gasteiger charge is 2.48. The van der Waals surface area contributed by atoms with Gasteiger partial charge >= 0.3 is 0 Å². The summed E-state index contributed by atoms with van der Waals surface area (Å²) in [7, 11) is -3.07. The standard InChI is InChI=1S/C17H21FN2O3S2/c1-3-11(2)16(21)19-17-20(8-12-4-6-13(18)7-5-12)14-9-25(22,23)10-15(14)24-17/h4-7,11,14-15H,3,8-10H2,1-2H3/t11-,14+,15-/m0/s1. The molecule has 3 atom stereocenters. The van der Waals surface area contributed by atoms with E-state index in [1.165, 1.54) is 23.9 Å². The highest BCUT2D eigenvalue weighted by Crippen LogP contribution is 2.39. The summed E-state index contributed by atoms with van der Waals surface area (Å²) < 4.78 is 37.1. The van der Waals surface area contributed by atoms with E-state index in [9.17, 15) is 17.6 Å². The Morgan fingerprint density at radius 2 is 2.04 bits per heavy atom. The molecule has 1 amide bonds. The minimum atomic E-state index is -3.07. The molecular formula is C17H21FN2O3S2. The average molecular weight is 384 g/mol. The molecule has 136 valence electrons. The van der Waals surface area contributed by atoms with E-state index in [1.807, 2.05) is 18.7 Å². The lowest BCUT2D eigenvalue weighted by Gasteiger charge is -2.24. The van der Waals surface area contributed by atoms with E-state index in [4.69, 9.17) is 0 Å². The first-order chi connectivity index (χ1) is 11.8. The number of hydrogen-bond acceptors (Lipinski definition) is 4. The molecule has 8 heteroatoms. The number of amidine groups is 1. The van der Waals surface area contributed by atoms with Crippen LogP contribution in [-0.2, 0) is 21.2 Å². The Morgan fingerprint density at radius 1 is 1.36 bits per heavy atom. The van der Waals surface area contributed by atoms with Crippen LogP contribution in [0.4, 0.5) is 4.39 Å². The number of amides is 1. The summed E-state index contributed by atoms with van der Waals surface area (Å²) in [5.41, 5.74) is 0.857. The van der Waals surface area contributed by atoms with Gasteiger partial charge in [0.2, 0.25) is 0 Å². The quantitative estimate of drug-likeness (QED) is 0.798. The van der Waals surface area contributed by atoms with Gasteiger partial charge in [-0.15, -0.1) is 0 Å². The zero-order valence-corrected chi connectivity index (χ0v) is 15.8. The third-order valence-corrected chi connectivity index (χ3v) is 7.93. The van der Waals surface area contributed by atoms with Gasteiger partial charge in [0.05, 0.1) is 17.5 Å². The van der Waals surface area contributed by atoms with Crippen molar-refractivity contribution in [2.45, 2.75) is 38.1 Å². The number of benzene rings is 1. The molecule has 1 aromatic rings. The molecule has 0 N–H and O–H groups in total. The van der Waals surface area contributed by atoms with Gasteiger partial charge in [0.1, 0.15) is 5.82 Å². The van der Waals surface area contributed by atoms with Crippen molar-refractivity contribution in [2.24, 2.45) is 10.9 Å². The highest BCUT2D eigenvalue weighted by molar-refractivity contribution is 8.15. The van der Waals surface area contributed by atoms with Crippen molar-refractivity contribution in [1.29, 1.82) is 0 Å². The van der Waals surface area contributed by atoms with Gasteiger partial charge in [0.15, 0.2) is 15.0 Å². The molecule has 3 rings (SSSR count). The lowest BCUT2D eigenvalue weighted by molar-refractivity contribution is -0.121. The summed E-state index contributed by atoms with van der Waals surface area (Å²) in [5.74, 6) is -0.482. The van der Waals surface area contributed by atoms with Gasteiger partial charge in [-0.1, -0.05) is 37.7 Å². The number of carbonyl (C=O) groups excluding carboxylic acids is 1. The Balaban J connectivity index is 1.88. The van der Waals surface area contributed by atoms with Crippen LogP contribution >= 0.6 is 11.8 Å². The molecule has 25 heavy (non-hydrogen) atoms. The van der Waals surface area contributed by atoms with Crippen LogP contribution in [0.5, 0.6) is 0 Å².